The molecule has 4 aliphatic rings. The van der Waals surface area contributed by atoms with Crippen molar-refractivity contribution < 1.29 is 23.8 Å². The highest BCUT2D eigenvalue weighted by Crippen LogP contribution is 2.49. The zero-order valence-corrected chi connectivity index (χ0v) is 19.1. The van der Waals surface area contributed by atoms with E-state index < -0.39 is 11.8 Å². The Balaban J connectivity index is 1.56. The number of allylic oxidation sites excluding steroid dienone is 2. The molecule has 2 aliphatic heterocycles. The van der Waals surface area contributed by atoms with Crippen LogP contribution in [0.2, 0.25) is 0 Å². The molecule has 2 heterocycles. The van der Waals surface area contributed by atoms with Gasteiger partial charge in [0, 0.05) is 29.3 Å². The normalized spacial score (nSPS) is 27.1. The predicted molar refractivity (Wildman–Crippen MR) is 120 cm³/mol. The number of ether oxygens (including phenoxy) is 3. The summed E-state index contributed by atoms with van der Waals surface area (Å²) in [5.74, 6) is 0.0999. The van der Waals surface area contributed by atoms with Crippen LogP contribution >= 0.6 is 0 Å². The number of aliphatic imine (C=N–C) groups is 1. The van der Waals surface area contributed by atoms with E-state index in [2.05, 4.69) is 13.8 Å². The van der Waals surface area contributed by atoms with Gasteiger partial charge in [0.1, 0.15) is 12.0 Å². The number of fused-ring (bicyclic) bond motifs is 1. The molecule has 0 saturated heterocycles. The van der Waals surface area contributed by atoms with Crippen LogP contribution in [0.4, 0.5) is 0 Å². The number of carbonyl (C=O) groups excluding carboxylic acids is 2. The van der Waals surface area contributed by atoms with Crippen LogP contribution < -0.4 is 9.47 Å². The molecule has 1 saturated carbocycles. The Kier molecular flexibility index (Phi) is 5.34. The summed E-state index contributed by atoms with van der Waals surface area (Å²) < 4.78 is 17.1. The van der Waals surface area contributed by atoms with E-state index in [1.165, 1.54) is 6.42 Å². The molecule has 0 bridgehead atoms. The number of benzene rings is 1. The summed E-state index contributed by atoms with van der Waals surface area (Å²) in [5, 5.41) is 0. The summed E-state index contributed by atoms with van der Waals surface area (Å²) in [7, 11) is 0. The van der Waals surface area contributed by atoms with E-state index in [-0.39, 0.29) is 30.1 Å². The highest BCUT2D eigenvalue weighted by atomic mass is 16.7. The molecule has 6 nitrogen and oxygen atoms in total. The maximum atomic E-state index is 13.5. The van der Waals surface area contributed by atoms with Crippen molar-refractivity contribution in [2.75, 3.05) is 6.79 Å². The monoisotopic (exact) mass is 437 g/mol. The Morgan fingerprint density at radius 1 is 1.09 bits per heavy atom. The van der Waals surface area contributed by atoms with Crippen LogP contribution in [-0.4, -0.2) is 30.4 Å². The van der Waals surface area contributed by atoms with Gasteiger partial charge < -0.3 is 14.2 Å². The molecule has 0 amide bonds. The van der Waals surface area contributed by atoms with Gasteiger partial charge in [-0.1, -0.05) is 26.3 Å². The molecule has 32 heavy (non-hydrogen) atoms. The highest BCUT2D eigenvalue weighted by Gasteiger charge is 2.46. The van der Waals surface area contributed by atoms with Crippen molar-refractivity contribution in [3.63, 3.8) is 0 Å². The fourth-order valence-electron chi connectivity index (χ4n) is 5.64. The van der Waals surface area contributed by atoms with Crippen LogP contribution in [0.3, 0.4) is 0 Å². The van der Waals surface area contributed by atoms with Gasteiger partial charge in [-0.2, -0.15) is 0 Å². The van der Waals surface area contributed by atoms with Gasteiger partial charge in [0.2, 0.25) is 6.79 Å². The van der Waals surface area contributed by atoms with Gasteiger partial charge in [0.15, 0.2) is 17.3 Å². The van der Waals surface area contributed by atoms with Gasteiger partial charge in [-0.3, -0.25) is 14.6 Å². The van der Waals surface area contributed by atoms with Crippen LogP contribution in [0, 0.1) is 11.3 Å². The molecule has 2 atom stereocenters. The van der Waals surface area contributed by atoms with Gasteiger partial charge in [-0.25, -0.2) is 0 Å². The summed E-state index contributed by atoms with van der Waals surface area (Å²) in [6, 6.07) is 5.71. The molecule has 0 aromatic heterocycles. The third kappa shape index (κ3) is 3.84. The Hall–Kier alpha value is -2.63. The number of hydrogen-bond donors (Lipinski definition) is 0. The molecule has 6 heteroatoms. The number of ketones is 1. The lowest BCUT2D eigenvalue weighted by Crippen LogP contribution is -2.40. The summed E-state index contributed by atoms with van der Waals surface area (Å²) >= 11 is 0. The second-order valence-electron chi connectivity index (χ2n) is 10.3. The van der Waals surface area contributed by atoms with Gasteiger partial charge in [-0.15, -0.1) is 0 Å². The average molecular weight is 438 g/mol. The maximum Gasteiger partial charge on any atom is 0.315 e. The second kappa shape index (κ2) is 8.05. The minimum Gasteiger partial charge on any atom is -0.462 e. The molecule has 170 valence electrons. The van der Waals surface area contributed by atoms with Crippen molar-refractivity contribution in [1.82, 2.24) is 0 Å². The maximum absolute atomic E-state index is 13.5. The molecule has 1 aromatic rings. The molecule has 0 radical (unpaired) electrons. The quantitative estimate of drug-likeness (QED) is 0.615. The van der Waals surface area contributed by atoms with E-state index in [9.17, 15) is 9.59 Å². The number of rotatable bonds is 3. The van der Waals surface area contributed by atoms with Crippen molar-refractivity contribution in [3.05, 3.63) is 35.0 Å². The standard InChI is InChI=1S/C26H31NO5/c1-15-22(25(29)32-17-7-5-4-6-8-17)23(16-9-10-20-21(11-16)31-14-30-20)24-18(27-15)12-26(2,3)13-19(24)28/h9-11,17,22-23H,4-8,12-14H2,1-3H3/t22?,23-/m0/s1. The van der Waals surface area contributed by atoms with Crippen molar-refractivity contribution >= 4 is 17.5 Å². The number of nitrogens with zero attached hydrogens (tertiary/aromatic N) is 1. The molecule has 1 fully saturated rings. The molecular weight excluding hydrogens is 406 g/mol. The SMILES string of the molecule is CC1=NC2=C(C(=O)CC(C)(C)C2)[C@@H](c2ccc3c(c2)OCO3)C1C(=O)OC1CCCCC1. The molecule has 1 aromatic carbocycles. The van der Waals surface area contributed by atoms with E-state index in [4.69, 9.17) is 19.2 Å². The highest BCUT2D eigenvalue weighted by molar-refractivity contribution is 6.09. The first-order chi connectivity index (χ1) is 15.3. The third-order valence-corrected chi connectivity index (χ3v) is 7.15. The fraction of sp³-hybridized carbons (Fsp3) is 0.577. The summed E-state index contributed by atoms with van der Waals surface area (Å²) in [6.45, 7) is 6.26. The van der Waals surface area contributed by atoms with Gasteiger partial charge in [-0.05, 0) is 62.1 Å². The van der Waals surface area contributed by atoms with Crippen LogP contribution in [0.25, 0.3) is 0 Å². The molecule has 0 spiro atoms. The Morgan fingerprint density at radius 3 is 2.62 bits per heavy atom. The third-order valence-electron chi connectivity index (χ3n) is 7.15. The number of carbonyl (C=O) groups is 2. The number of hydrogen-bond acceptors (Lipinski definition) is 6. The largest absolute Gasteiger partial charge is 0.462 e. The van der Waals surface area contributed by atoms with Crippen molar-refractivity contribution in [1.29, 1.82) is 0 Å². The Labute approximate surface area is 189 Å². The molecular formula is C26H31NO5. The summed E-state index contributed by atoms with van der Waals surface area (Å²) in [4.78, 5) is 31.7. The van der Waals surface area contributed by atoms with Crippen LogP contribution in [0.5, 0.6) is 11.5 Å². The fourth-order valence-corrected chi connectivity index (χ4v) is 5.64. The van der Waals surface area contributed by atoms with E-state index in [1.54, 1.807) is 0 Å². The van der Waals surface area contributed by atoms with E-state index in [1.807, 2.05) is 25.1 Å². The van der Waals surface area contributed by atoms with Gasteiger partial charge in [0.25, 0.3) is 0 Å². The topological polar surface area (TPSA) is 74.2 Å². The lowest BCUT2D eigenvalue weighted by Gasteiger charge is -2.39. The minimum absolute atomic E-state index is 0.0437. The van der Waals surface area contributed by atoms with Crippen molar-refractivity contribution in [2.24, 2.45) is 16.3 Å². The molecule has 1 unspecified atom stereocenters. The van der Waals surface area contributed by atoms with E-state index in [0.717, 1.165) is 49.1 Å². The van der Waals surface area contributed by atoms with Crippen molar-refractivity contribution in [3.8, 4) is 11.5 Å². The van der Waals surface area contributed by atoms with E-state index >= 15 is 0 Å². The Morgan fingerprint density at radius 2 is 1.84 bits per heavy atom. The first kappa shape index (κ1) is 21.2. The van der Waals surface area contributed by atoms with Crippen LogP contribution in [-0.2, 0) is 14.3 Å². The first-order valence-corrected chi connectivity index (χ1v) is 11.7. The van der Waals surface area contributed by atoms with E-state index in [0.29, 0.717) is 23.5 Å². The van der Waals surface area contributed by atoms with Gasteiger partial charge in [0.05, 0.1) is 0 Å². The number of Topliss-reactive ketones (excluding diaryl/α,β-unsaturated/α-hetero) is 1. The first-order valence-electron chi connectivity index (χ1n) is 11.7. The Bertz CT molecular complexity index is 1020. The summed E-state index contributed by atoms with van der Waals surface area (Å²) in [6.07, 6.45) is 6.31. The van der Waals surface area contributed by atoms with Crippen molar-refractivity contribution in [2.45, 2.75) is 77.7 Å². The molecule has 2 aliphatic carbocycles. The minimum atomic E-state index is -0.610. The molecule has 5 rings (SSSR count). The molecule has 0 N–H and O–H groups in total. The smallest absolute Gasteiger partial charge is 0.315 e. The summed E-state index contributed by atoms with van der Waals surface area (Å²) in [5.41, 5.74) is 2.93. The predicted octanol–water partition coefficient (Wildman–Crippen LogP) is 5.11. The zero-order chi connectivity index (χ0) is 22.5. The number of esters is 1. The second-order valence-corrected chi connectivity index (χ2v) is 10.3. The van der Waals surface area contributed by atoms with Gasteiger partial charge >= 0.3 is 5.97 Å². The average Bonchev–Trinajstić information content (AvgIpc) is 3.20. The van der Waals surface area contributed by atoms with Crippen LogP contribution in [0.1, 0.15) is 77.2 Å². The van der Waals surface area contributed by atoms with Crippen LogP contribution in [0.15, 0.2) is 34.5 Å². The zero-order valence-electron chi connectivity index (χ0n) is 19.1. The lowest BCUT2D eigenvalue weighted by atomic mass is 9.67. The lowest BCUT2D eigenvalue weighted by molar-refractivity contribution is -0.153.